The summed E-state index contributed by atoms with van der Waals surface area (Å²) in [6.45, 7) is 4.92. The second-order valence-electron chi connectivity index (χ2n) is 4.49. The number of carbonyl (C=O) groups is 1. The third-order valence-electron chi connectivity index (χ3n) is 3.11. The third-order valence-corrected chi connectivity index (χ3v) is 3.11. The Bertz CT molecular complexity index is 401. The number of carbonyl (C=O) groups excluding carboxylic acids is 1. The van der Waals surface area contributed by atoms with Crippen LogP contribution in [-0.4, -0.2) is 25.6 Å². The number of benzene rings is 1. The zero-order valence-electron chi connectivity index (χ0n) is 10.7. The van der Waals surface area contributed by atoms with E-state index in [0.717, 1.165) is 30.8 Å². The quantitative estimate of drug-likeness (QED) is 0.826. The van der Waals surface area contributed by atoms with Gasteiger partial charge < -0.3 is 15.4 Å². The summed E-state index contributed by atoms with van der Waals surface area (Å²) in [5.41, 5.74) is 1.07. The van der Waals surface area contributed by atoms with Crippen molar-refractivity contribution in [2.45, 2.75) is 19.9 Å². The van der Waals surface area contributed by atoms with Gasteiger partial charge in [0.15, 0.2) is 0 Å². The van der Waals surface area contributed by atoms with Crippen LogP contribution >= 0.6 is 0 Å². The van der Waals surface area contributed by atoms with Crippen LogP contribution < -0.4 is 15.4 Å². The number of hydrogen-bond acceptors (Lipinski definition) is 3. The van der Waals surface area contributed by atoms with Gasteiger partial charge in [0.2, 0.25) is 5.91 Å². The molecule has 2 rings (SSSR count). The van der Waals surface area contributed by atoms with Crippen molar-refractivity contribution in [2.75, 3.05) is 19.7 Å². The van der Waals surface area contributed by atoms with Crippen LogP contribution in [0.15, 0.2) is 24.3 Å². The first-order valence-corrected chi connectivity index (χ1v) is 6.49. The number of rotatable bonds is 5. The summed E-state index contributed by atoms with van der Waals surface area (Å²) in [5, 5.41) is 6.17. The molecule has 1 aromatic carbocycles. The highest BCUT2D eigenvalue weighted by Crippen LogP contribution is 2.13. The molecule has 98 valence electrons. The molecular weight excluding hydrogens is 228 g/mol. The Morgan fingerprint density at radius 3 is 3.17 bits per heavy atom. The normalized spacial score (nSPS) is 18.6. The average Bonchev–Trinajstić information content (AvgIpc) is 2.91. The fourth-order valence-electron chi connectivity index (χ4n) is 2.12. The van der Waals surface area contributed by atoms with Gasteiger partial charge in [-0.2, -0.15) is 0 Å². The SMILES string of the molecule is CCOc1cccc(CNC(=O)C2CCNC2)c1. The molecule has 2 N–H and O–H groups in total. The molecule has 1 aliphatic heterocycles. The molecule has 0 saturated carbocycles. The lowest BCUT2D eigenvalue weighted by Gasteiger charge is -2.10. The Morgan fingerprint density at radius 2 is 2.44 bits per heavy atom. The van der Waals surface area contributed by atoms with Crippen molar-refractivity contribution in [3.63, 3.8) is 0 Å². The summed E-state index contributed by atoms with van der Waals surface area (Å²) >= 11 is 0. The molecule has 0 bridgehead atoms. The van der Waals surface area contributed by atoms with Crippen LogP contribution in [0.4, 0.5) is 0 Å². The predicted molar refractivity (Wildman–Crippen MR) is 70.4 cm³/mol. The van der Waals surface area contributed by atoms with Crippen LogP contribution in [0.3, 0.4) is 0 Å². The van der Waals surface area contributed by atoms with Gasteiger partial charge in [0.1, 0.15) is 5.75 Å². The van der Waals surface area contributed by atoms with Crippen LogP contribution in [0.1, 0.15) is 18.9 Å². The highest BCUT2D eigenvalue weighted by molar-refractivity contribution is 5.79. The third kappa shape index (κ3) is 3.47. The minimum atomic E-state index is 0.125. The van der Waals surface area contributed by atoms with E-state index >= 15 is 0 Å². The first-order chi connectivity index (χ1) is 8.79. The molecule has 1 saturated heterocycles. The van der Waals surface area contributed by atoms with Crippen molar-refractivity contribution in [1.82, 2.24) is 10.6 Å². The van der Waals surface area contributed by atoms with Gasteiger partial charge in [0.05, 0.1) is 12.5 Å². The van der Waals surface area contributed by atoms with E-state index in [4.69, 9.17) is 4.74 Å². The summed E-state index contributed by atoms with van der Waals surface area (Å²) in [7, 11) is 0. The fraction of sp³-hybridized carbons (Fsp3) is 0.500. The summed E-state index contributed by atoms with van der Waals surface area (Å²) in [4.78, 5) is 11.8. The smallest absolute Gasteiger partial charge is 0.224 e. The Kier molecular flexibility index (Phi) is 4.59. The topological polar surface area (TPSA) is 50.4 Å². The molecular formula is C14H20N2O2. The van der Waals surface area contributed by atoms with Crippen LogP contribution in [0.25, 0.3) is 0 Å². The van der Waals surface area contributed by atoms with Gasteiger partial charge in [-0.15, -0.1) is 0 Å². The van der Waals surface area contributed by atoms with E-state index in [1.807, 2.05) is 31.2 Å². The van der Waals surface area contributed by atoms with E-state index in [1.165, 1.54) is 0 Å². The van der Waals surface area contributed by atoms with Crippen LogP contribution in [0.5, 0.6) is 5.75 Å². The molecule has 1 unspecified atom stereocenters. The number of amides is 1. The van der Waals surface area contributed by atoms with Gasteiger partial charge in [-0.25, -0.2) is 0 Å². The highest BCUT2D eigenvalue weighted by Gasteiger charge is 2.21. The van der Waals surface area contributed by atoms with Crippen LogP contribution in [0, 0.1) is 5.92 Å². The Labute approximate surface area is 108 Å². The molecule has 0 spiro atoms. The number of nitrogens with one attached hydrogen (secondary N) is 2. The predicted octanol–water partition coefficient (Wildman–Crippen LogP) is 1.31. The fourth-order valence-corrected chi connectivity index (χ4v) is 2.12. The second kappa shape index (κ2) is 6.40. The Balaban J connectivity index is 1.85. The van der Waals surface area contributed by atoms with E-state index in [2.05, 4.69) is 10.6 Å². The van der Waals surface area contributed by atoms with Gasteiger partial charge in [-0.3, -0.25) is 4.79 Å². The van der Waals surface area contributed by atoms with E-state index in [9.17, 15) is 4.79 Å². The molecule has 4 heteroatoms. The maximum Gasteiger partial charge on any atom is 0.224 e. The minimum Gasteiger partial charge on any atom is -0.494 e. The lowest BCUT2D eigenvalue weighted by Crippen LogP contribution is -2.31. The van der Waals surface area contributed by atoms with Crippen molar-refractivity contribution in [2.24, 2.45) is 5.92 Å². The second-order valence-corrected chi connectivity index (χ2v) is 4.49. The molecule has 4 nitrogen and oxygen atoms in total. The van der Waals surface area contributed by atoms with Crippen molar-refractivity contribution >= 4 is 5.91 Å². The monoisotopic (exact) mass is 248 g/mol. The molecule has 18 heavy (non-hydrogen) atoms. The summed E-state index contributed by atoms with van der Waals surface area (Å²) in [6.07, 6.45) is 0.935. The van der Waals surface area contributed by atoms with E-state index in [0.29, 0.717) is 13.2 Å². The lowest BCUT2D eigenvalue weighted by molar-refractivity contribution is -0.124. The maximum absolute atomic E-state index is 11.8. The zero-order chi connectivity index (χ0) is 12.8. The van der Waals surface area contributed by atoms with Crippen molar-refractivity contribution in [3.8, 4) is 5.75 Å². The maximum atomic E-state index is 11.8. The Hall–Kier alpha value is -1.55. The highest BCUT2D eigenvalue weighted by atomic mass is 16.5. The Morgan fingerprint density at radius 1 is 1.56 bits per heavy atom. The van der Waals surface area contributed by atoms with Gasteiger partial charge in [-0.05, 0) is 37.6 Å². The number of hydrogen-bond donors (Lipinski definition) is 2. The van der Waals surface area contributed by atoms with Crippen molar-refractivity contribution in [3.05, 3.63) is 29.8 Å². The van der Waals surface area contributed by atoms with Crippen LogP contribution in [-0.2, 0) is 11.3 Å². The summed E-state index contributed by atoms with van der Waals surface area (Å²) in [6, 6.07) is 7.84. The van der Waals surface area contributed by atoms with E-state index < -0.39 is 0 Å². The molecule has 1 aromatic rings. The van der Waals surface area contributed by atoms with Gasteiger partial charge in [-0.1, -0.05) is 12.1 Å². The van der Waals surface area contributed by atoms with Gasteiger partial charge in [0.25, 0.3) is 0 Å². The number of ether oxygens (including phenoxy) is 1. The largest absolute Gasteiger partial charge is 0.494 e. The molecule has 1 heterocycles. The summed E-state index contributed by atoms with van der Waals surface area (Å²) in [5.74, 6) is 1.12. The molecule has 1 aliphatic rings. The van der Waals surface area contributed by atoms with Crippen LogP contribution in [0.2, 0.25) is 0 Å². The summed E-state index contributed by atoms with van der Waals surface area (Å²) < 4.78 is 5.43. The molecule has 1 fully saturated rings. The first-order valence-electron chi connectivity index (χ1n) is 6.49. The lowest BCUT2D eigenvalue weighted by atomic mass is 10.1. The molecule has 1 atom stereocenters. The minimum absolute atomic E-state index is 0.125. The van der Waals surface area contributed by atoms with Gasteiger partial charge in [0, 0.05) is 13.1 Å². The van der Waals surface area contributed by atoms with Gasteiger partial charge >= 0.3 is 0 Å². The first kappa shape index (κ1) is 12.9. The molecule has 0 radical (unpaired) electrons. The average molecular weight is 248 g/mol. The van der Waals surface area contributed by atoms with Crippen molar-refractivity contribution < 1.29 is 9.53 Å². The zero-order valence-corrected chi connectivity index (χ0v) is 10.7. The molecule has 0 aliphatic carbocycles. The molecule has 1 amide bonds. The van der Waals surface area contributed by atoms with E-state index in [1.54, 1.807) is 0 Å². The standard InChI is InChI=1S/C14H20N2O2/c1-2-18-13-5-3-4-11(8-13)9-16-14(17)12-6-7-15-10-12/h3-5,8,12,15H,2,6-7,9-10H2,1H3,(H,16,17). The van der Waals surface area contributed by atoms with E-state index in [-0.39, 0.29) is 11.8 Å². The van der Waals surface area contributed by atoms with Crippen molar-refractivity contribution in [1.29, 1.82) is 0 Å². The molecule has 0 aromatic heterocycles.